The van der Waals surface area contributed by atoms with Gasteiger partial charge in [-0.2, -0.15) is 0 Å². The Labute approximate surface area is 127 Å². The van der Waals surface area contributed by atoms with E-state index in [9.17, 15) is 5.11 Å². The molecular formula is C17H27N3O. The zero-order valence-electron chi connectivity index (χ0n) is 13.1. The summed E-state index contributed by atoms with van der Waals surface area (Å²) in [6.07, 6.45) is 12.0. The molecule has 1 fully saturated rings. The summed E-state index contributed by atoms with van der Waals surface area (Å²) in [5.41, 5.74) is 2.32. The van der Waals surface area contributed by atoms with Crippen molar-refractivity contribution in [2.24, 2.45) is 5.92 Å². The highest BCUT2D eigenvalue weighted by atomic mass is 16.3. The zero-order valence-corrected chi connectivity index (χ0v) is 13.1. The van der Waals surface area contributed by atoms with E-state index in [4.69, 9.17) is 0 Å². The van der Waals surface area contributed by atoms with Gasteiger partial charge >= 0.3 is 0 Å². The Morgan fingerprint density at radius 3 is 2.71 bits per heavy atom. The molecule has 0 saturated heterocycles. The van der Waals surface area contributed by atoms with E-state index >= 15 is 0 Å². The third-order valence-electron chi connectivity index (χ3n) is 5.29. The lowest BCUT2D eigenvalue weighted by Crippen LogP contribution is -2.45. The number of hydrogen-bond donors (Lipinski definition) is 2. The summed E-state index contributed by atoms with van der Waals surface area (Å²) in [4.78, 5) is 8.99. The molecule has 0 aliphatic heterocycles. The number of aliphatic hydroxyl groups excluding tert-OH is 1. The molecule has 1 heterocycles. The Kier molecular flexibility index (Phi) is 4.43. The summed E-state index contributed by atoms with van der Waals surface area (Å²) in [6.45, 7) is 2.50. The number of anilines is 1. The van der Waals surface area contributed by atoms with E-state index in [1.165, 1.54) is 43.4 Å². The standard InChI is InChI=1S/C17H27N3O/c1-13-7-9-17(11-21,10-8-13)20-16-14-5-3-2-4-6-15(14)18-12-19-16/h12-13,21H,2-11H2,1H3,(H,18,19,20). The maximum Gasteiger partial charge on any atom is 0.133 e. The molecule has 1 aromatic rings. The second-order valence-corrected chi connectivity index (χ2v) is 6.95. The van der Waals surface area contributed by atoms with Crippen LogP contribution in [0.4, 0.5) is 5.82 Å². The number of aromatic nitrogens is 2. The van der Waals surface area contributed by atoms with Gasteiger partial charge in [0, 0.05) is 11.3 Å². The Morgan fingerprint density at radius 1 is 1.19 bits per heavy atom. The minimum Gasteiger partial charge on any atom is -0.394 e. The molecule has 2 aliphatic rings. The third kappa shape index (κ3) is 3.20. The van der Waals surface area contributed by atoms with Gasteiger partial charge in [0.1, 0.15) is 12.1 Å². The van der Waals surface area contributed by atoms with Crippen molar-refractivity contribution >= 4 is 5.82 Å². The van der Waals surface area contributed by atoms with Crippen molar-refractivity contribution < 1.29 is 5.11 Å². The molecule has 0 aromatic carbocycles. The molecule has 2 N–H and O–H groups in total. The predicted molar refractivity (Wildman–Crippen MR) is 84.4 cm³/mol. The first kappa shape index (κ1) is 14.8. The van der Waals surface area contributed by atoms with Gasteiger partial charge in [-0.15, -0.1) is 0 Å². The van der Waals surface area contributed by atoms with E-state index in [0.29, 0.717) is 0 Å². The zero-order chi connectivity index (χ0) is 14.7. The van der Waals surface area contributed by atoms with Gasteiger partial charge in [0.15, 0.2) is 0 Å². The first-order valence-electron chi connectivity index (χ1n) is 8.44. The SMILES string of the molecule is CC1CCC(CO)(Nc2ncnc3c2CCCCC3)CC1. The lowest BCUT2D eigenvalue weighted by atomic mass is 9.77. The van der Waals surface area contributed by atoms with E-state index in [1.54, 1.807) is 6.33 Å². The Balaban J connectivity index is 1.83. The van der Waals surface area contributed by atoms with Gasteiger partial charge in [-0.3, -0.25) is 0 Å². The first-order valence-corrected chi connectivity index (χ1v) is 8.44. The number of rotatable bonds is 3. The van der Waals surface area contributed by atoms with Gasteiger partial charge < -0.3 is 10.4 Å². The lowest BCUT2D eigenvalue weighted by molar-refractivity contribution is 0.155. The molecule has 116 valence electrons. The Hall–Kier alpha value is -1.16. The molecule has 2 aliphatic carbocycles. The summed E-state index contributed by atoms with van der Waals surface area (Å²) in [7, 11) is 0. The van der Waals surface area contributed by atoms with Gasteiger partial charge in [0.25, 0.3) is 0 Å². The number of fused-ring (bicyclic) bond motifs is 1. The maximum absolute atomic E-state index is 9.94. The average molecular weight is 289 g/mol. The van der Waals surface area contributed by atoms with E-state index in [2.05, 4.69) is 22.2 Å². The van der Waals surface area contributed by atoms with Crippen LogP contribution in [0.5, 0.6) is 0 Å². The van der Waals surface area contributed by atoms with Crippen LogP contribution in [0.3, 0.4) is 0 Å². The molecule has 21 heavy (non-hydrogen) atoms. The molecule has 0 radical (unpaired) electrons. The van der Waals surface area contributed by atoms with E-state index in [1.807, 2.05) is 0 Å². The summed E-state index contributed by atoms with van der Waals surface area (Å²) in [5, 5.41) is 13.6. The largest absolute Gasteiger partial charge is 0.394 e. The summed E-state index contributed by atoms with van der Waals surface area (Å²) >= 11 is 0. The van der Waals surface area contributed by atoms with Crippen LogP contribution in [-0.4, -0.2) is 27.2 Å². The highest BCUT2D eigenvalue weighted by molar-refractivity contribution is 5.48. The molecule has 0 spiro atoms. The van der Waals surface area contributed by atoms with Crippen LogP contribution < -0.4 is 5.32 Å². The fraction of sp³-hybridized carbons (Fsp3) is 0.765. The van der Waals surface area contributed by atoms with Crippen molar-refractivity contribution in [2.75, 3.05) is 11.9 Å². The van der Waals surface area contributed by atoms with Crippen LogP contribution in [0.15, 0.2) is 6.33 Å². The molecule has 0 bridgehead atoms. The van der Waals surface area contributed by atoms with Crippen molar-refractivity contribution in [1.82, 2.24) is 9.97 Å². The highest BCUT2D eigenvalue weighted by Crippen LogP contribution is 2.35. The molecular weight excluding hydrogens is 262 g/mol. The summed E-state index contributed by atoms with van der Waals surface area (Å²) < 4.78 is 0. The predicted octanol–water partition coefficient (Wildman–Crippen LogP) is 3.10. The lowest BCUT2D eigenvalue weighted by Gasteiger charge is -2.39. The molecule has 4 nitrogen and oxygen atoms in total. The third-order valence-corrected chi connectivity index (χ3v) is 5.29. The Bertz CT molecular complexity index is 481. The van der Waals surface area contributed by atoms with Crippen LogP contribution in [0.2, 0.25) is 0 Å². The van der Waals surface area contributed by atoms with Crippen molar-refractivity contribution in [3.63, 3.8) is 0 Å². The molecule has 0 amide bonds. The monoisotopic (exact) mass is 289 g/mol. The van der Waals surface area contributed by atoms with Crippen molar-refractivity contribution in [3.8, 4) is 0 Å². The maximum atomic E-state index is 9.94. The van der Waals surface area contributed by atoms with Crippen molar-refractivity contribution in [2.45, 2.75) is 70.3 Å². The smallest absolute Gasteiger partial charge is 0.133 e. The number of nitrogens with zero attached hydrogens (tertiary/aromatic N) is 2. The van der Waals surface area contributed by atoms with Gasteiger partial charge in [-0.05, 0) is 57.3 Å². The molecule has 4 heteroatoms. The minimum absolute atomic E-state index is 0.180. The Morgan fingerprint density at radius 2 is 1.95 bits per heavy atom. The molecule has 0 atom stereocenters. The number of aliphatic hydroxyl groups is 1. The second-order valence-electron chi connectivity index (χ2n) is 6.95. The minimum atomic E-state index is -0.180. The van der Waals surface area contributed by atoms with Gasteiger partial charge in [-0.1, -0.05) is 13.3 Å². The average Bonchev–Trinajstić information content (AvgIpc) is 2.76. The fourth-order valence-electron chi connectivity index (χ4n) is 3.69. The second kappa shape index (κ2) is 6.30. The van der Waals surface area contributed by atoms with Crippen molar-refractivity contribution in [1.29, 1.82) is 0 Å². The number of nitrogens with one attached hydrogen (secondary N) is 1. The van der Waals surface area contributed by atoms with Gasteiger partial charge in [0.2, 0.25) is 0 Å². The molecule has 0 unspecified atom stereocenters. The topological polar surface area (TPSA) is 58.0 Å². The molecule has 1 aromatic heterocycles. The number of hydrogen-bond acceptors (Lipinski definition) is 4. The fourth-order valence-corrected chi connectivity index (χ4v) is 3.69. The van der Waals surface area contributed by atoms with Gasteiger partial charge in [-0.25, -0.2) is 9.97 Å². The first-order chi connectivity index (χ1) is 10.2. The van der Waals surface area contributed by atoms with Crippen LogP contribution in [0, 0.1) is 5.92 Å². The van der Waals surface area contributed by atoms with E-state index < -0.39 is 0 Å². The van der Waals surface area contributed by atoms with Gasteiger partial charge in [0.05, 0.1) is 12.1 Å². The summed E-state index contributed by atoms with van der Waals surface area (Å²) in [5.74, 6) is 1.75. The van der Waals surface area contributed by atoms with Crippen LogP contribution in [0.25, 0.3) is 0 Å². The van der Waals surface area contributed by atoms with Crippen molar-refractivity contribution in [3.05, 3.63) is 17.6 Å². The molecule has 3 rings (SSSR count). The van der Waals surface area contributed by atoms with E-state index in [-0.39, 0.29) is 12.1 Å². The summed E-state index contributed by atoms with van der Waals surface area (Å²) in [6, 6.07) is 0. The highest BCUT2D eigenvalue weighted by Gasteiger charge is 2.34. The van der Waals surface area contributed by atoms with Crippen LogP contribution in [0.1, 0.15) is 63.1 Å². The van der Waals surface area contributed by atoms with Crippen LogP contribution >= 0.6 is 0 Å². The normalized spacial score (nSPS) is 29.5. The van der Waals surface area contributed by atoms with E-state index in [0.717, 1.165) is 37.4 Å². The molecule has 1 saturated carbocycles. The van der Waals surface area contributed by atoms with Crippen LogP contribution in [-0.2, 0) is 12.8 Å². The quantitative estimate of drug-likeness (QED) is 0.840. The number of aryl methyl sites for hydroxylation is 1.